The normalized spacial score (nSPS) is 14.4. The van der Waals surface area contributed by atoms with Crippen LogP contribution in [0.4, 0.5) is 5.82 Å². The van der Waals surface area contributed by atoms with Crippen molar-refractivity contribution in [1.82, 2.24) is 20.6 Å². The number of anilines is 1. The first kappa shape index (κ1) is 18.4. The molecule has 0 aliphatic carbocycles. The predicted octanol–water partition coefficient (Wildman–Crippen LogP) is 0.590. The topological polar surface area (TPSA) is 124 Å². The van der Waals surface area contributed by atoms with E-state index in [2.05, 4.69) is 26.7 Å². The van der Waals surface area contributed by atoms with Crippen molar-refractivity contribution in [3.05, 3.63) is 42.2 Å². The molecule has 0 aromatic carbocycles. The molecule has 9 heteroatoms. The Morgan fingerprint density at radius 3 is 2.67 bits per heavy atom. The largest absolute Gasteiger partial charge is 0.467 e. The van der Waals surface area contributed by atoms with Crippen LogP contribution in [0.5, 0.6) is 0 Å². The van der Waals surface area contributed by atoms with Crippen LogP contribution in [-0.4, -0.2) is 41.4 Å². The summed E-state index contributed by atoms with van der Waals surface area (Å²) in [4.78, 5) is 34.0. The van der Waals surface area contributed by atoms with Gasteiger partial charge in [0.2, 0.25) is 0 Å². The molecule has 1 saturated heterocycles. The molecule has 0 atom stereocenters. The van der Waals surface area contributed by atoms with Crippen LogP contribution in [0.3, 0.4) is 0 Å². The van der Waals surface area contributed by atoms with Crippen LogP contribution in [0.1, 0.15) is 24.3 Å². The Hall–Kier alpha value is -3.41. The van der Waals surface area contributed by atoms with Gasteiger partial charge in [-0.1, -0.05) is 0 Å². The maximum atomic E-state index is 11.9. The van der Waals surface area contributed by atoms with E-state index in [1.807, 2.05) is 4.90 Å². The average Bonchev–Trinajstić information content (AvgIpc) is 3.24. The summed E-state index contributed by atoms with van der Waals surface area (Å²) in [7, 11) is 0. The smallest absolute Gasteiger partial charge is 0.309 e. The van der Waals surface area contributed by atoms with Gasteiger partial charge in [-0.2, -0.15) is 5.26 Å². The average molecular weight is 368 g/mol. The molecule has 1 fully saturated rings. The quantitative estimate of drug-likeness (QED) is 0.740. The third kappa shape index (κ3) is 4.82. The van der Waals surface area contributed by atoms with Crippen LogP contribution in [0.15, 0.2) is 35.2 Å². The molecule has 3 heterocycles. The van der Waals surface area contributed by atoms with Crippen molar-refractivity contribution in [2.75, 3.05) is 24.5 Å². The summed E-state index contributed by atoms with van der Waals surface area (Å²) in [6, 6.07) is 5.50. The van der Waals surface area contributed by atoms with Crippen molar-refractivity contribution in [2.45, 2.75) is 19.4 Å². The zero-order chi connectivity index (χ0) is 19.1. The maximum absolute atomic E-state index is 11.9. The van der Waals surface area contributed by atoms with Crippen LogP contribution in [-0.2, 0) is 16.1 Å². The van der Waals surface area contributed by atoms with E-state index in [1.165, 1.54) is 12.5 Å². The SMILES string of the molecule is N#Cc1nccnc1N1CCC(CNC(=O)C(=O)NCc2ccco2)CC1. The molecule has 1 aliphatic rings. The number of nitriles is 1. The maximum Gasteiger partial charge on any atom is 0.309 e. The number of carbonyl (C=O) groups excluding carboxylic acids is 2. The van der Waals surface area contributed by atoms with Crippen molar-refractivity contribution < 1.29 is 14.0 Å². The lowest BCUT2D eigenvalue weighted by Crippen LogP contribution is -2.43. The lowest BCUT2D eigenvalue weighted by atomic mass is 9.96. The number of nitrogens with one attached hydrogen (secondary N) is 2. The van der Waals surface area contributed by atoms with E-state index >= 15 is 0 Å². The molecule has 9 nitrogen and oxygen atoms in total. The van der Waals surface area contributed by atoms with Crippen molar-refractivity contribution >= 4 is 17.6 Å². The highest BCUT2D eigenvalue weighted by Crippen LogP contribution is 2.22. The summed E-state index contributed by atoms with van der Waals surface area (Å²) in [5.74, 6) is 0.126. The monoisotopic (exact) mass is 368 g/mol. The Bertz CT molecular complexity index is 822. The van der Waals surface area contributed by atoms with Gasteiger partial charge in [-0.05, 0) is 30.9 Å². The summed E-state index contributed by atoms with van der Waals surface area (Å²) in [6.07, 6.45) is 6.24. The van der Waals surface area contributed by atoms with Crippen LogP contribution in [0.25, 0.3) is 0 Å². The van der Waals surface area contributed by atoms with Crippen LogP contribution >= 0.6 is 0 Å². The number of hydrogen-bond acceptors (Lipinski definition) is 7. The van der Waals surface area contributed by atoms with Crippen molar-refractivity contribution in [3.8, 4) is 6.07 Å². The number of amides is 2. The fraction of sp³-hybridized carbons (Fsp3) is 0.389. The molecule has 2 aromatic heterocycles. The minimum Gasteiger partial charge on any atom is -0.467 e. The molecule has 2 amide bonds. The molecule has 140 valence electrons. The van der Waals surface area contributed by atoms with Crippen LogP contribution in [0.2, 0.25) is 0 Å². The van der Waals surface area contributed by atoms with Gasteiger partial charge in [0.1, 0.15) is 11.8 Å². The van der Waals surface area contributed by atoms with E-state index in [0.717, 1.165) is 25.9 Å². The molecular formula is C18H20N6O3. The Morgan fingerprint density at radius 2 is 1.96 bits per heavy atom. The van der Waals surface area contributed by atoms with Gasteiger partial charge in [-0.3, -0.25) is 9.59 Å². The van der Waals surface area contributed by atoms with Gasteiger partial charge in [0, 0.05) is 32.0 Å². The van der Waals surface area contributed by atoms with Crippen LogP contribution in [0, 0.1) is 17.2 Å². The highest BCUT2D eigenvalue weighted by atomic mass is 16.3. The van der Waals surface area contributed by atoms with Gasteiger partial charge in [-0.15, -0.1) is 0 Å². The Kier molecular flexibility index (Phi) is 5.99. The number of piperidine rings is 1. The van der Waals surface area contributed by atoms with Crippen molar-refractivity contribution in [1.29, 1.82) is 5.26 Å². The minimum atomic E-state index is -0.679. The van der Waals surface area contributed by atoms with Gasteiger partial charge >= 0.3 is 11.8 Å². The van der Waals surface area contributed by atoms with Crippen LogP contribution < -0.4 is 15.5 Å². The van der Waals surface area contributed by atoms with Crippen molar-refractivity contribution in [3.63, 3.8) is 0 Å². The second kappa shape index (κ2) is 8.80. The van der Waals surface area contributed by atoms with Gasteiger partial charge in [0.25, 0.3) is 0 Å². The number of aromatic nitrogens is 2. The molecular weight excluding hydrogens is 348 g/mol. The van der Waals surface area contributed by atoms with E-state index < -0.39 is 11.8 Å². The van der Waals surface area contributed by atoms with E-state index in [9.17, 15) is 9.59 Å². The summed E-state index contributed by atoms with van der Waals surface area (Å²) in [6.45, 7) is 2.06. The van der Waals surface area contributed by atoms with Crippen molar-refractivity contribution in [2.24, 2.45) is 5.92 Å². The third-order valence-electron chi connectivity index (χ3n) is 4.46. The van der Waals surface area contributed by atoms with E-state index in [-0.39, 0.29) is 12.5 Å². The lowest BCUT2D eigenvalue weighted by molar-refractivity contribution is -0.139. The highest BCUT2D eigenvalue weighted by Gasteiger charge is 2.23. The number of furan rings is 1. The van der Waals surface area contributed by atoms with Gasteiger partial charge in [0.05, 0.1) is 12.8 Å². The molecule has 3 rings (SSSR count). The van der Waals surface area contributed by atoms with E-state index in [0.29, 0.717) is 23.8 Å². The summed E-state index contributed by atoms with van der Waals surface area (Å²) >= 11 is 0. The first-order valence-electron chi connectivity index (χ1n) is 8.72. The molecule has 0 bridgehead atoms. The van der Waals surface area contributed by atoms with Gasteiger partial charge < -0.3 is 20.0 Å². The minimum absolute atomic E-state index is 0.178. The molecule has 27 heavy (non-hydrogen) atoms. The second-order valence-corrected chi connectivity index (χ2v) is 6.24. The summed E-state index contributed by atoms with van der Waals surface area (Å²) < 4.78 is 5.10. The molecule has 1 aliphatic heterocycles. The number of nitrogens with zero attached hydrogens (tertiary/aromatic N) is 4. The molecule has 0 saturated carbocycles. The zero-order valence-corrected chi connectivity index (χ0v) is 14.7. The first-order valence-corrected chi connectivity index (χ1v) is 8.72. The van der Waals surface area contributed by atoms with E-state index in [4.69, 9.17) is 9.68 Å². The number of hydrogen-bond donors (Lipinski definition) is 2. The Morgan fingerprint density at radius 1 is 1.22 bits per heavy atom. The first-order chi connectivity index (χ1) is 13.2. The highest BCUT2D eigenvalue weighted by molar-refractivity contribution is 6.35. The zero-order valence-electron chi connectivity index (χ0n) is 14.7. The fourth-order valence-corrected chi connectivity index (χ4v) is 2.97. The van der Waals surface area contributed by atoms with E-state index in [1.54, 1.807) is 18.3 Å². The van der Waals surface area contributed by atoms with Gasteiger partial charge in [-0.25, -0.2) is 9.97 Å². The number of carbonyl (C=O) groups is 2. The summed E-state index contributed by atoms with van der Waals surface area (Å²) in [5.41, 5.74) is 0.317. The number of rotatable bonds is 5. The predicted molar refractivity (Wildman–Crippen MR) is 95.2 cm³/mol. The summed E-state index contributed by atoms with van der Waals surface area (Å²) in [5, 5.41) is 14.3. The molecule has 0 radical (unpaired) electrons. The molecule has 0 spiro atoms. The Labute approximate surface area is 156 Å². The molecule has 2 N–H and O–H groups in total. The molecule has 0 unspecified atom stereocenters. The standard InChI is InChI=1S/C18H20N6O3/c19-10-15-16(21-6-5-20-15)24-7-3-13(4-8-24)11-22-17(25)18(26)23-12-14-2-1-9-27-14/h1-2,5-6,9,13H,3-4,7-8,11-12H2,(H,22,25)(H,23,26). The Balaban J connectivity index is 1.41. The second-order valence-electron chi connectivity index (χ2n) is 6.24. The molecule has 2 aromatic rings. The fourth-order valence-electron chi connectivity index (χ4n) is 2.97. The third-order valence-corrected chi connectivity index (χ3v) is 4.46. The van der Waals surface area contributed by atoms with Gasteiger partial charge in [0.15, 0.2) is 11.5 Å². The lowest BCUT2D eigenvalue weighted by Gasteiger charge is -2.32.